The summed E-state index contributed by atoms with van der Waals surface area (Å²) in [5.41, 5.74) is 0.793. The van der Waals surface area contributed by atoms with Crippen molar-refractivity contribution in [3.63, 3.8) is 0 Å². The minimum absolute atomic E-state index is 0.0531. The number of benzene rings is 6. The molecule has 0 heterocycles. The highest BCUT2D eigenvalue weighted by atomic mass is 16.6. The van der Waals surface area contributed by atoms with Crippen molar-refractivity contribution in [2.75, 3.05) is 9.80 Å². The Kier molecular flexibility index (Phi) is 12.4. The van der Waals surface area contributed by atoms with Crippen LogP contribution in [-0.2, 0) is 22.7 Å². The summed E-state index contributed by atoms with van der Waals surface area (Å²) in [5.74, 6) is -1.32. The van der Waals surface area contributed by atoms with Gasteiger partial charge in [-0.05, 0) is 60.4 Å². The number of hydrogen-bond donors (Lipinski definition) is 2. The molecular weight excluding hydrogens is 789 g/mol. The SMILES string of the molecule is Cc1ccc(N(c2c(N(c3ccc(C)cc3)C(C(=O)NCc3ccccc3)c3cccc([N+](=O)[O-])c3)c(=O)c2=O)C(C(=O)NCc2ccccc2)c2cccc([N+](=O)[O-])c2)cc1. The van der Waals surface area contributed by atoms with E-state index in [0.29, 0.717) is 0 Å². The van der Waals surface area contributed by atoms with Gasteiger partial charge in [0.1, 0.15) is 23.5 Å². The Labute approximate surface area is 355 Å². The Hall–Kier alpha value is -8.26. The van der Waals surface area contributed by atoms with Crippen LogP contribution >= 0.6 is 0 Å². The second-order valence-corrected chi connectivity index (χ2v) is 14.7. The number of rotatable bonds is 16. The molecule has 62 heavy (non-hydrogen) atoms. The van der Waals surface area contributed by atoms with Crippen molar-refractivity contribution in [3.8, 4) is 0 Å². The van der Waals surface area contributed by atoms with E-state index in [1.807, 2.05) is 50.2 Å². The maximum Gasteiger partial charge on any atom is 0.269 e. The number of carbonyl (C=O) groups excluding carboxylic acids is 2. The molecule has 310 valence electrons. The lowest BCUT2D eigenvalue weighted by Crippen LogP contribution is -2.49. The number of nitro benzene ring substituents is 2. The highest BCUT2D eigenvalue weighted by Crippen LogP contribution is 2.45. The lowest BCUT2D eigenvalue weighted by atomic mass is 9.96. The number of nitro groups is 2. The van der Waals surface area contributed by atoms with Crippen molar-refractivity contribution >= 4 is 45.9 Å². The molecule has 2 N–H and O–H groups in total. The minimum Gasteiger partial charge on any atom is -0.350 e. The molecule has 7 rings (SSSR count). The van der Waals surface area contributed by atoms with Crippen LogP contribution in [0.1, 0.15) is 45.5 Å². The molecule has 0 fully saturated rings. The van der Waals surface area contributed by atoms with Crippen LogP contribution in [-0.4, -0.2) is 21.7 Å². The summed E-state index contributed by atoms with van der Waals surface area (Å²) >= 11 is 0. The summed E-state index contributed by atoms with van der Waals surface area (Å²) in [6.45, 7) is 3.80. The zero-order chi connectivity index (χ0) is 43.9. The molecule has 0 saturated carbocycles. The topological polar surface area (TPSA) is 185 Å². The van der Waals surface area contributed by atoms with Gasteiger partial charge in [0.2, 0.25) is 11.8 Å². The second kappa shape index (κ2) is 18.3. The van der Waals surface area contributed by atoms with Gasteiger partial charge in [-0.25, -0.2) is 0 Å². The van der Waals surface area contributed by atoms with Crippen LogP contribution < -0.4 is 31.3 Å². The van der Waals surface area contributed by atoms with Gasteiger partial charge < -0.3 is 20.4 Å². The third kappa shape index (κ3) is 8.99. The smallest absolute Gasteiger partial charge is 0.269 e. The molecule has 7 aromatic rings. The minimum atomic E-state index is -1.49. The van der Waals surface area contributed by atoms with Gasteiger partial charge in [0, 0.05) is 48.7 Å². The molecule has 2 amide bonds. The summed E-state index contributed by atoms with van der Waals surface area (Å²) in [7, 11) is 0. The third-order valence-electron chi connectivity index (χ3n) is 10.4. The Morgan fingerprint density at radius 3 is 1.21 bits per heavy atom. The molecule has 0 radical (unpaired) electrons. The monoisotopic (exact) mass is 828 g/mol. The lowest BCUT2D eigenvalue weighted by molar-refractivity contribution is -0.385. The Morgan fingerprint density at radius 1 is 0.516 bits per heavy atom. The quantitative estimate of drug-likeness (QED) is 0.0548. The predicted octanol–water partition coefficient (Wildman–Crippen LogP) is 8.11. The average Bonchev–Trinajstić information content (AvgIpc) is 3.29. The van der Waals surface area contributed by atoms with Crippen LogP contribution in [0.3, 0.4) is 0 Å². The van der Waals surface area contributed by atoms with Gasteiger partial charge in [0.15, 0.2) is 0 Å². The van der Waals surface area contributed by atoms with Crippen LogP contribution in [0, 0.1) is 34.1 Å². The van der Waals surface area contributed by atoms with E-state index in [0.717, 1.165) is 22.3 Å². The summed E-state index contributed by atoms with van der Waals surface area (Å²) < 4.78 is 0. The number of aryl methyl sites for hydroxylation is 2. The van der Waals surface area contributed by atoms with Gasteiger partial charge in [-0.3, -0.25) is 39.4 Å². The first-order chi connectivity index (χ1) is 29.9. The predicted molar refractivity (Wildman–Crippen MR) is 236 cm³/mol. The van der Waals surface area contributed by atoms with E-state index in [9.17, 15) is 39.4 Å². The summed E-state index contributed by atoms with van der Waals surface area (Å²) in [6, 6.07) is 39.7. The maximum atomic E-state index is 14.8. The van der Waals surface area contributed by atoms with Gasteiger partial charge in [0.05, 0.1) is 9.85 Å². The van der Waals surface area contributed by atoms with E-state index < -0.39 is 44.6 Å². The van der Waals surface area contributed by atoms with Crippen LogP contribution in [0.25, 0.3) is 0 Å². The Bertz CT molecular complexity index is 2630. The van der Waals surface area contributed by atoms with Crippen LogP contribution in [0.4, 0.5) is 34.1 Å². The zero-order valence-electron chi connectivity index (χ0n) is 33.6. The molecular formula is C48H40N6O8. The van der Waals surface area contributed by atoms with Crippen molar-refractivity contribution in [1.82, 2.24) is 10.6 Å². The molecule has 7 aromatic carbocycles. The van der Waals surface area contributed by atoms with E-state index in [1.54, 1.807) is 72.8 Å². The molecule has 0 aliphatic heterocycles. The molecule has 0 saturated heterocycles. The first-order valence-electron chi connectivity index (χ1n) is 19.6. The van der Waals surface area contributed by atoms with Crippen LogP contribution in [0.5, 0.6) is 0 Å². The first-order valence-corrected chi connectivity index (χ1v) is 19.6. The molecule has 0 aromatic heterocycles. The maximum absolute atomic E-state index is 14.8. The van der Waals surface area contributed by atoms with E-state index in [4.69, 9.17) is 0 Å². The van der Waals surface area contributed by atoms with Crippen LogP contribution in [0.15, 0.2) is 167 Å². The van der Waals surface area contributed by atoms with Gasteiger partial charge >= 0.3 is 0 Å². The van der Waals surface area contributed by atoms with E-state index in [-0.39, 0.29) is 58.3 Å². The largest absolute Gasteiger partial charge is 0.350 e. The first kappa shape index (κ1) is 41.9. The Morgan fingerprint density at radius 2 is 0.871 bits per heavy atom. The Balaban J connectivity index is 1.48. The van der Waals surface area contributed by atoms with Gasteiger partial charge in [0.25, 0.3) is 22.2 Å². The molecule has 0 spiro atoms. The average molecular weight is 829 g/mol. The number of nitrogens with one attached hydrogen (secondary N) is 2. The number of nitrogens with zero attached hydrogens (tertiary/aromatic N) is 4. The molecule has 2 atom stereocenters. The fraction of sp³-hybridized carbons (Fsp3) is 0.125. The molecule has 0 aliphatic rings. The summed E-state index contributed by atoms with van der Waals surface area (Å²) in [5, 5.41) is 30.1. The van der Waals surface area contributed by atoms with Crippen molar-refractivity contribution in [2.45, 2.75) is 39.0 Å². The summed E-state index contributed by atoms with van der Waals surface area (Å²) in [6.07, 6.45) is 0. The highest BCUT2D eigenvalue weighted by Gasteiger charge is 2.42. The van der Waals surface area contributed by atoms with Crippen molar-refractivity contribution in [1.29, 1.82) is 0 Å². The number of carbonyl (C=O) groups is 2. The fourth-order valence-electron chi connectivity index (χ4n) is 7.26. The van der Waals surface area contributed by atoms with E-state index >= 15 is 0 Å². The fourth-order valence-corrected chi connectivity index (χ4v) is 7.26. The zero-order valence-corrected chi connectivity index (χ0v) is 33.6. The molecule has 14 heteroatoms. The van der Waals surface area contributed by atoms with E-state index in [2.05, 4.69) is 10.6 Å². The third-order valence-corrected chi connectivity index (χ3v) is 10.4. The van der Waals surface area contributed by atoms with Crippen molar-refractivity contribution in [2.24, 2.45) is 0 Å². The standard InChI is InChI=1S/C48H40N6O8/c1-31-19-23-37(24-20-31)51(41(35-15-9-17-39(27-35)53(59)60)47(57)49-29-33-11-5-3-6-12-33)43-44(46(56)45(43)55)52(38-25-21-32(2)22-26-38)42(36-16-10-18-40(28-36)54(61)62)48(58)50-30-34-13-7-4-8-14-34/h3-28,41-42H,29-30H2,1-2H3,(H,49,57)(H,50,58). The van der Waals surface area contributed by atoms with Gasteiger partial charge in [-0.15, -0.1) is 0 Å². The molecule has 2 unspecified atom stereocenters. The highest BCUT2D eigenvalue weighted by molar-refractivity contribution is 5.97. The number of non-ortho nitro benzene ring substituents is 2. The molecule has 0 bridgehead atoms. The normalized spacial score (nSPS) is 11.9. The molecule has 0 aliphatic carbocycles. The number of amides is 2. The van der Waals surface area contributed by atoms with Crippen molar-refractivity contribution < 1.29 is 19.4 Å². The number of hydrogen-bond acceptors (Lipinski definition) is 10. The van der Waals surface area contributed by atoms with Gasteiger partial charge in [-0.1, -0.05) is 120 Å². The van der Waals surface area contributed by atoms with E-state index in [1.165, 1.54) is 58.3 Å². The van der Waals surface area contributed by atoms with Gasteiger partial charge in [-0.2, -0.15) is 0 Å². The number of anilines is 4. The van der Waals surface area contributed by atoms with Crippen LogP contribution in [0.2, 0.25) is 0 Å². The second-order valence-electron chi connectivity index (χ2n) is 14.7. The molecule has 14 nitrogen and oxygen atoms in total. The lowest BCUT2D eigenvalue weighted by Gasteiger charge is -2.39. The summed E-state index contributed by atoms with van der Waals surface area (Å²) in [4.78, 5) is 84.3. The van der Waals surface area contributed by atoms with Crippen molar-refractivity contribution in [3.05, 3.63) is 232 Å².